The highest BCUT2D eigenvalue weighted by Crippen LogP contribution is 2.11. The molecule has 3 rings (SSSR count). The lowest BCUT2D eigenvalue weighted by Gasteiger charge is -2.17. The molecule has 2 aromatic carbocycles. The monoisotopic (exact) mass is 348 g/mol. The highest BCUT2D eigenvalue weighted by molar-refractivity contribution is 5.97. The van der Waals surface area contributed by atoms with E-state index in [9.17, 15) is 9.59 Å². The molecule has 0 aliphatic heterocycles. The summed E-state index contributed by atoms with van der Waals surface area (Å²) in [5.74, 6) is -0.776. The van der Waals surface area contributed by atoms with Gasteiger partial charge in [-0.25, -0.2) is 4.79 Å². The van der Waals surface area contributed by atoms with Crippen molar-refractivity contribution >= 4 is 11.9 Å². The van der Waals surface area contributed by atoms with Crippen molar-refractivity contribution in [3.05, 3.63) is 90.3 Å². The summed E-state index contributed by atoms with van der Waals surface area (Å²) in [6.07, 6.45) is 4.24. The van der Waals surface area contributed by atoms with Gasteiger partial charge in [0, 0.05) is 30.1 Å². The van der Waals surface area contributed by atoms with Gasteiger partial charge in [-0.3, -0.25) is 4.79 Å². The van der Waals surface area contributed by atoms with Crippen molar-refractivity contribution in [3.63, 3.8) is 0 Å². The van der Waals surface area contributed by atoms with E-state index in [1.807, 2.05) is 71.6 Å². The van der Waals surface area contributed by atoms with E-state index in [1.165, 1.54) is 7.11 Å². The molecule has 26 heavy (non-hydrogen) atoms. The molecule has 132 valence electrons. The van der Waals surface area contributed by atoms with Crippen molar-refractivity contribution in [2.45, 2.75) is 12.5 Å². The molecule has 5 nitrogen and oxygen atoms in total. The summed E-state index contributed by atoms with van der Waals surface area (Å²) in [5, 5.41) is 2.77. The molecule has 0 radical (unpaired) electrons. The van der Waals surface area contributed by atoms with E-state index in [1.54, 1.807) is 12.1 Å². The van der Waals surface area contributed by atoms with Gasteiger partial charge in [-0.1, -0.05) is 30.3 Å². The Kier molecular flexibility index (Phi) is 5.49. The van der Waals surface area contributed by atoms with Gasteiger partial charge in [0.25, 0.3) is 5.91 Å². The fraction of sp³-hybridized carbons (Fsp3) is 0.143. The van der Waals surface area contributed by atoms with Gasteiger partial charge in [0.15, 0.2) is 0 Å². The first-order chi connectivity index (χ1) is 12.7. The van der Waals surface area contributed by atoms with Crippen LogP contribution in [0.2, 0.25) is 0 Å². The molecule has 0 fully saturated rings. The molecule has 0 saturated heterocycles. The minimum atomic E-state index is -0.737. The molecule has 0 aliphatic rings. The summed E-state index contributed by atoms with van der Waals surface area (Å²) in [5.41, 5.74) is 2.40. The van der Waals surface area contributed by atoms with Crippen LogP contribution in [-0.4, -0.2) is 29.6 Å². The number of rotatable bonds is 6. The fourth-order valence-electron chi connectivity index (χ4n) is 2.72. The standard InChI is InChI=1S/C21H20N2O3/c1-26-21(25)19(15-16-7-3-2-4-8-16)22-20(24)17-9-11-18(12-10-17)23-13-5-6-14-23/h2-14,19H,15H2,1H3,(H,22,24)/t19-/m0/s1. The lowest BCUT2D eigenvalue weighted by Crippen LogP contribution is -2.43. The lowest BCUT2D eigenvalue weighted by atomic mass is 10.1. The van der Waals surface area contributed by atoms with Gasteiger partial charge in [0.2, 0.25) is 0 Å². The Bertz CT molecular complexity index is 856. The Labute approximate surface area is 152 Å². The quantitative estimate of drug-likeness (QED) is 0.697. The van der Waals surface area contributed by atoms with Crippen molar-refractivity contribution in [2.75, 3.05) is 7.11 Å². The molecule has 1 atom stereocenters. The molecule has 0 saturated carbocycles. The van der Waals surface area contributed by atoms with Crippen molar-refractivity contribution in [1.29, 1.82) is 0 Å². The van der Waals surface area contributed by atoms with Crippen molar-refractivity contribution in [1.82, 2.24) is 9.88 Å². The molecule has 1 aromatic heterocycles. The number of carbonyl (C=O) groups excluding carboxylic acids is 2. The van der Waals surface area contributed by atoms with Gasteiger partial charge < -0.3 is 14.6 Å². The van der Waals surface area contributed by atoms with Crippen molar-refractivity contribution < 1.29 is 14.3 Å². The third kappa shape index (κ3) is 4.19. The van der Waals surface area contributed by atoms with Crippen LogP contribution in [0.15, 0.2) is 79.1 Å². The van der Waals surface area contributed by atoms with Crippen LogP contribution >= 0.6 is 0 Å². The Morgan fingerprint density at radius 2 is 1.62 bits per heavy atom. The molecule has 3 aromatic rings. The van der Waals surface area contributed by atoms with Gasteiger partial charge >= 0.3 is 5.97 Å². The number of benzene rings is 2. The minimum absolute atomic E-state index is 0.310. The van der Waals surface area contributed by atoms with Crippen LogP contribution in [0.5, 0.6) is 0 Å². The predicted octanol–water partition coefficient (Wildman–Crippen LogP) is 2.99. The first kappa shape index (κ1) is 17.5. The smallest absolute Gasteiger partial charge is 0.328 e. The second-order valence-electron chi connectivity index (χ2n) is 5.88. The first-order valence-electron chi connectivity index (χ1n) is 8.33. The summed E-state index contributed by atoms with van der Waals surface area (Å²) in [6, 6.07) is 19.8. The number of methoxy groups -OCH3 is 1. The number of esters is 1. The lowest BCUT2D eigenvalue weighted by molar-refractivity contribution is -0.142. The van der Waals surface area contributed by atoms with Crippen LogP contribution in [0.1, 0.15) is 15.9 Å². The highest BCUT2D eigenvalue weighted by atomic mass is 16.5. The van der Waals surface area contributed by atoms with Gasteiger partial charge in [0.1, 0.15) is 6.04 Å². The maximum absolute atomic E-state index is 12.5. The van der Waals surface area contributed by atoms with E-state index < -0.39 is 12.0 Å². The third-order valence-electron chi connectivity index (χ3n) is 4.11. The first-order valence-corrected chi connectivity index (χ1v) is 8.33. The number of hydrogen-bond acceptors (Lipinski definition) is 3. The number of aromatic nitrogens is 1. The van der Waals surface area contributed by atoms with Gasteiger partial charge in [-0.2, -0.15) is 0 Å². The van der Waals surface area contributed by atoms with Crippen molar-refractivity contribution in [2.24, 2.45) is 0 Å². The van der Waals surface area contributed by atoms with E-state index in [4.69, 9.17) is 4.74 Å². The van der Waals surface area contributed by atoms with Gasteiger partial charge in [-0.05, 0) is 42.0 Å². The van der Waals surface area contributed by atoms with Gasteiger partial charge in [-0.15, -0.1) is 0 Å². The summed E-state index contributed by atoms with van der Waals surface area (Å²) < 4.78 is 6.79. The van der Waals surface area contributed by atoms with Crippen LogP contribution < -0.4 is 5.32 Å². The average molecular weight is 348 g/mol. The third-order valence-corrected chi connectivity index (χ3v) is 4.11. The molecular weight excluding hydrogens is 328 g/mol. The summed E-state index contributed by atoms with van der Waals surface area (Å²) in [7, 11) is 1.32. The second-order valence-corrected chi connectivity index (χ2v) is 5.88. The Hall–Kier alpha value is -3.34. The summed E-state index contributed by atoms with van der Waals surface area (Å²) in [4.78, 5) is 24.6. The number of carbonyl (C=O) groups is 2. The summed E-state index contributed by atoms with van der Waals surface area (Å²) >= 11 is 0. The number of hydrogen-bond donors (Lipinski definition) is 1. The fourth-order valence-corrected chi connectivity index (χ4v) is 2.72. The van der Waals surface area contributed by atoms with E-state index in [2.05, 4.69) is 5.32 Å². The van der Waals surface area contributed by atoms with Crippen LogP contribution in [0, 0.1) is 0 Å². The van der Waals surface area contributed by atoms with E-state index in [0.29, 0.717) is 12.0 Å². The molecule has 0 aliphatic carbocycles. The summed E-state index contributed by atoms with van der Waals surface area (Å²) in [6.45, 7) is 0. The molecule has 0 bridgehead atoms. The van der Waals surface area contributed by atoms with Crippen LogP contribution in [-0.2, 0) is 16.0 Å². The molecule has 1 heterocycles. The Morgan fingerprint density at radius 1 is 0.962 bits per heavy atom. The molecule has 1 N–H and O–H groups in total. The number of nitrogens with zero attached hydrogens (tertiary/aromatic N) is 1. The van der Waals surface area contributed by atoms with E-state index in [0.717, 1.165) is 11.3 Å². The normalized spacial score (nSPS) is 11.6. The topological polar surface area (TPSA) is 60.3 Å². The maximum Gasteiger partial charge on any atom is 0.328 e. The van der Waals surface area contributed by atoms with E-state index >= 15 is 0 Å². The minimum Gasteiger partial charge on any atom is -0.467 e. The van der Waals surface area contributed by atoms with Crippen LogP contribution in [0.4, 0.5) is 0 Å². The molecule has 5 heteroatoms. The SMILES string of the molecule is COC(=O)[C@H](Cc1ccccc1)NC(=O)c1ccc(-n2cccc2)cc1. The molecule has 0 unspecified atom stereocenters. The van der Waals surface area contributed by atoms with Crippen molar-refractivity contribution in [3.8, 4) is 5.69 Å². The molecule has 0 spiro atoms. The maximum atomic E-state index is 12.5. The highest BCUT2D eigenvalue weighted by Gasteiger charge is 2.22. The van der Waals surface area contributed by atoms with Crippen LogP contribution in [0.25, 0.3) is 5.69 Å². The number of amides is 1. The number of nitrogens with one attached hydrogen (secondary N) is 1. The number of ether oxygens (including phenoxy) is 1. The van der Waals surface area contributed by atoms with E-state index in [-0.39, 0.29) is 5.91 Å². The predicted molar refractivity (Wildman–Crippen MR) is 99.2 cm³/mol. The average Bonchev–Trinajstić information content (AvgIpc) is 3.22. The zero-order valence-electron chi connectivity index (χ0n) is 14.5. The molecular formula is C21H20N2O3. The largest absolute Gasteiger partial charge is 0.467 e. The zero-order chi connectivity index (χ0) is 18.4. The van der Waals surface area contributed by atoms with Crippen LogP contribution in [0.3, 0.4) is 0 Å². The van der Waals surface area contributed by atoms with Gasteiger partial charge in [0.05, 0.1) is 7.11 Å². The second kappa shape index (κ2) is 8.16. The Morgan fingerprint density at radius 3 is 2.23 bits per heavy atom. The zero-order valence-corrected chi connectivity index (χ0v) is 14.5. The Balaban J connectivity index is 1.71. The molecule has 1 amide bonds.